The number of carboxylic acids is 1. The molecule has 0 saturated carbocycles. The van der Waals surface area contributed by atoms with Crippen LogP contribution in [0.2, 0.25) is 0 Å². The number of nitrogens with two attached hydrogens (primary N) is 2. The molecule has 0 rings (SSSR count). The minimum absolute atomic E-state index is 0.0213. The number of carboxylic acid groups (broad SMARTS) is 1. The second-order valence-electron chi connectivity index (χ2n) is 1.95. The Balaban J connectivity index is 3.49. The SMILES string of the molecule is NC(=O)[13CH2]C[C@H](N)C(=O)O. The molecule has 0 bridgehead atoms. The maximum atomic E-state index is 10.1. The van der Waals surface area contributed by atoms with E-state index in [1.807, 2.05) is 0 Å². The third-order valence-corrected chi connectivity index (χ3v) is 1.02. The average Bonchev–Trinajstić information content (AvgIpc) is 1.82. The normalized spacial score (nSPS) is 12.5. The van der Waals surface area contributed by atoms with E-state index in [0.717, 1.165) is 0 Å². The Hall–Kier alpha value is -1.10. The monoisotopic (exact) mass is 147 g/mol. The van der Waals surface area contributed by atoms with Gasteiger partial charge in [-0.1, -0.05) is 0 Å². The standard InChI is InChI=1S/C5H10N2O3/c6-3(5(9)10)1-2-4(7)8/h3H,1-2,6H2,(H2,7,8)(H,9,10)/t3-/m0/s1/i2+1. The summed E-state index contributed by atoms with van der Waals surface area (Å²) in [5, 5.41) is 8.22. The first kappa shape index (κ1) is 8.90. The van der Waals surface area contributed by atoms with Gasteiger partial charge in [-0.2, -0.15) is 0 Å². The van der Waals surface area contributed by atoms with Gasteiger partial charge in [0.05, 0.1) is 0 Å². The fourth-order valence-corrected chi connectivity index (χ4v) is 0.421. The van der Waals surface area contributed by atoms with Gasteiger partial charge >= 0.3 is 5.97 Å². The van der Waals surface area contributed by atoms with Crippen molar-refractivity contribution in [2.75, 3.05) is 0 Å². The number of primary amides is 1. The molecule has 0 heterocycles. The summed E-state index contributed by atoms with van der Waals surface area (Å²) in [6, 6.07) is -0.979. The highest BCUT2D eigenvalue weighted by atomic mass is 16.4. The highest BCUT2D eigenvalue weighted by Gasteiger charge is 2.11. The van der Waals surface area contributed by atoms with E-state index in [9.17, 15) is 9.59 Å². The lowest BCUT2D eigenvalue weighted by molar-refractivity contribution is -0.138. The van der Waals surface area contributed by atoms with E-state index in [4.69, 9.17) is 16.6 Å². The van der Waals surface area contributed by atoms with Crippen LogP contribution in [0.5, 0.6) is 0 Å². The van der Waals surface area contributed by atoms with Crippen molar-refractivity contribution in [1.29, 1.82) is 0 Å². The molecule has 1 atom stereocenters. The maximum Gasteiger partial charge on any atom is 0.320 e. The molecular weight excluding hydrogens is 137 g/mol. The quantitative estimate of drug-likeness (QED) is 0.428. The van der Waals surface area contributed by atoms with Crippen LogP contribution >= 0.6 is 0 Å². The van der Waals surface area contributed by atoms with Gasteiger partial charge in [0.1, 0.15) is 6.04 Å². The van der Waals surface area contributed by atoms with Gasteiger partial charge in [-0.25, -0.2) is 0 Å². The Labute approximate surface area is 58.0 Å². The lowest BCUT2D eigenvalue weighted by Crippen LogP contribution is -2.31. The summed E-state index contributed by atoms with van der Waals surface area (Å²) in [4.78, 5) is 20.1. The zero-order valence-corrected chi connectivity index (χ0v) is 5.41. The van der Waals surface area contributed by atoms with Gasteiger partial charge in [0.2, 0.25) is 5.91 Å². The van der Waals surface area contributed by atoms with Crippen molar-refractivity contribution in [3.8, 4) is 0 Å². The van der Waals surface area contributed by atoms with Gasteiger partial charge in [-0.05, 0) is 6.42 Å². The van der Waals surface area contributed by atoms with Crippen LogP contribution in [0.3, 0.4) is 0 Å². The molecule has 58 valence electrons. The van der Waals surface area contributed by atoms with Crippen LogP contribution in [0.1, 0.15) is 12.8 Å². The first-order valence-electron chi connectivity index (χ1n) is 2.80. The number of aliphatic carboxylic acids is 1. The summed E-state index contributed by atoms with van der Waals surface area (Å²) >= 11 is 0. The molecule has 0 saturated heterocycles. The molecule has 10 heavy (non-hydrogen) atoms. The van der Waals surface area contributed by atoms with Crippen molar-refractivity contribution < 1.29 is 14.7 Å². The minimum Gasteiger partial charge on any atom is -0.480 e. The summed E-state index contributed by atoms with van der Waals surface area (Å²) in [7, 11) is 0. The van der Waals surface area contributed by atoms with E-state index in [-0.39, 0.29) is 12.8 Å². The first-order valence-corrected chi connectivity index (χ1v) is 2.80. The van der Waals surface area contributed by atoms with Crippen LogP contribution in [0.25, 0.3) is 0 Å². The Morgan fingerprint density at radius 3 is 2.30 bits per heavy atom. The van der Waals surface area contributed by atoms with E-state index in [1.54, 1.807) is 0 Å². The van der Waals surface area contributed by atoms with E-state index in [2.05, 4.69) is 0 Å². The van der Waals surface area contributed by atoms with Gasteiger partial charge < -0.3 is 16.6 Å². The topological polar surface area (TPSA) is 106 Å². The first-order chi connectivity index (χ1) is 4.54. The summed E-state index contributed by atoms with van der Waals surface area (Å²) in [6.07, 6.45) is 0.123. The van der Waals surface area contributed by atoms with Crippen LogP contribution in [0, 0.1) is 0 Å². The second kappa shape index (κ2) is 3.84. The van der Waals surface area contributed by atoms with E-state index in [0.29, 0.717) is 0 Å². The number of hydrogen-bond acceptors (Lipinski definition) is 3. The number of hydrogen-bond donors (Lipinski definition) is 3. The zero-order valence-electron chi connectivity index (χ0n) is 5.41. The highest BCUT2D eigenvalue weighted by Crippen LogP contribution is 1.92. The third-order valence-electron chi connectivity index (χ3n) is 1.02. The highest BCUT2D eigenvalue weighted by molar-refractivity contribution is 5.76. The van der Waals surface area contributed by atoms with E-state index >= 15 is 0 Å². The smallest absolute Gasteiger partial charge is 0.320 e. The molecule has 0 aromatic rings. The van der Waals surface area contributed by atoms with Crippen LogP contribution in [0.15, 0.2) is 0 Å². The molecule has 0 radical (unpaired) electrons. The van der Waals surface area contributed by atoms with E-state index < -0.39 is 17.9 Å². The molecule has 0 aliphatic rings. The minimum atomic E-state index is -1.11. The molecule has 0 fully saturated rings. The third kappa shape index (κ3) is 3.85. The predicted molar refractivity (Wildman–Crippen MR) is 34.0 cm³/mol. The number of carbonyl (C=O) groups is 2. The average molecular weight is 147 g/mol. The molecule has 5 heteroatoms. The van der Waals surface area contributed by atoms with Gasteiger partial charge in [0.15, 0.2) is 0 Å². The Bertz CT molecular complexity index is 146. The van der Waals surface area contributed by atoms with Crippen molar-refractivity contribution in [3.05, 3.63) is 0 Å². The number of rotatable bonds is 4. The van der Waals surface area contributed by atoms with E-state index in [1.165, 1.54) is 0 Å². The summed E-state index contributed by atoms with van der Waals surface area (Å²) < 4.78 is 0. The van der Waals surface area contributed by atoms with Crippen LogP contribution in [-0.4, -0.2) is 23.0 Å². The largest absolute Gasteiger partial charge is 0.480 e. The fraction of sp³-hybridized carbons (Fsp3) is 0.600. The van der Waals surface area contributed by atoms with Crippen LogP contribution < -0.4 is 11.5 Å². The number of carbonyl (C=O) groups excluding carboxylic acids is 1. The Kier molecular flexibility index (Phi) is 3.42. The van der Waals surface area contributed by atoms with Crippen molar-refractivity contribution in [1.82, 2.24) is 0 Å². The molecule has 5 N–H and O–H groups in total. The number of amides is 1. The van der Waals surface area contributed by atoms with Crippen LogP contribution in [0.4, 0.5) is 0 Å². The maximum absolute atomic E-state index is 10.1. The van der Waals surface area contributed by atoms with Crippen molar-refractivity contribution in [2.45, 2.75) is 18.9 Å². The molecular formula is C5H10N2O3. The van der Waals surface area contributed by atoms with Gasteiger partial charge in [0.25, 0.3) is 0 Å². The van der Waals surface area contributed by atoms with Gasteiger partial charge in [0, 0.05) is 6.42 Å². The van der Waals surface area contributed by atoms with Gasteiger partial charge in [-0.15, -0.1) is 0 Å². The zero-order chi connectivity index (χ0) is 8.15. The molecule has 0 unspecified atom stereocenters. The van der Waals surface area contributed by atoms with Crippen LogP contribution in [-0.2, 0) is 9.59 Å². The molecule has 0 aromatic carbocycles. The lowest BCUT2D eigenvalue weighted by atomic mass is 10.3. The van der Waals surface area contributed by atoms with Gasteiger partial charge in [-0.3, -0.25) is 9.59 Å². The molecule has 0 spiro atoms. The fourth-order valence-electron chi connectivity index (χ4n) is 0.421. The predicted octanol–water partition coefficient (Wildman–Crippen LogP) is -1.34. The Morgan fingerprint density at radius 2 is 2.00 bits per heavy atom. The summed E-state index contributed by atoms with van der Waals surface area (Å²) in [6.45, 7) is 0. The molecule has 5 nitrogen and oxygen atoms in total. The molecule has 0 aliphatic heterocycles. The molecule has 1 amide bonds. The van der Waals surface area contributed by atoms with Crippen molar-refractivity contribution in [2.24, 2.45) is 11.5 Å². The summed E-state index contributed by atoms with van der Waals surface area (Å²) in [5.74, 6) is -1.64. The second-order valence-corrected chi connectivity index (χ2v) is 1.95. The molecule has 0 aromatic heterocycles. The van der Waals surface area contributed by atoms with Crippen molar-refractivity contribution in [3.63, 3.8) is 0 Å². The molecule has 0 aliphatic carbocycles. The lowest BCUT2D eigenvalue weighted by Gasteiger charge is -2.01. The Morgan fingerprint density at radius 1 is 1.50 bits per heavy atom. The van der Waals surface area contributed by atoms with Crippen molar-refractivity contribution >= 4 is 11.9 Å². The summed E-state index contributed by atoms with van der Waals surface area (Å²) in [5.41, 5.74) is 9.81.